The first-order valence-electron chi connectivity index (χ1n) is 8.40. The lowest BCUT2D eigenvalue weighted by atomic mass is 9.78. The summed E-state index contributed by atoms with van der Waals surface area (Å²) in [6.07, 6.45) is 3.49. The summed E-state index contributed by atoms with van der Waals surface area (Å²) in [4.78, 5) is 0. The van der Waals surface area contributed by atoms with E-state index in [1.54, 1.807) is 0 Å². The summed E-state index contributed by atoms with van der Waals surface area (Å²) in [5.74, 6) is 1.52. The number of aliphatic hydroxyl groups excluding tert-OH is 1. The molecule has 0 radical (unpaired) electrons. The summed E-state index contributed by atoms with van der Waals surface area (Å²) in [5, 5.41) is 13.1. The Morgan fingerprint density at radius 3 is 2.86 bits per heavy atom. The van der Waals surface area contributed by atoms with Crippen molar-refractivity contribution < 1.29 is 15.2 Å². The molecule has 4 heteroatoms. The van der Waals surface area contributed by atoms with Crippen LogP contribution in [0.5, 0.6) is 0 Å². The fourth-order valence-electron chi connectivity index (χ4n) is 3.28. The van der Waals surface area contributed by atoms with Crippen LogP contribution in [0.25, 0.3) is 0 Å². The Kier molecular flexibility index (Phi) is 7.16. The standard InChI is InChI=1S/C18H28ClNO2/c1-13-6-5-9-18(14(13)2)20-10-16(21)12-22-11-15-7-3-4-8-17(15)19/h3-4,7-8,13-14,16,18,20-21H,5-6,9-12H2,1-2H3/p+1/t13-,14+,16-,18-/m0/s1. The minimum absolute atomic E-state index is 0.360. The number of quaternary nitrogens is 1. The first-order valence-corrected chi connectivity index (χ1v) is 8.78. The van der Waals surface area contributed by atoms with E-state index in [2.05, 4.69) is 19.2 Å². The number of rotatable bonds is 7. The van der Waals surface area contributed by atoms with Crippen LogP contribution < -0.4 is 5.32 Å². The molecule has 0 aromatic heterocycles. The molecule has 0 bridgehead atoms. The largest absolute Gasteiger partial charge is 0.385 e. The van der Waals surface area contributed by atoms with Crippen molar-refractivity contribution in [1.82, 2.24) is 0 Å². The molecule has 0 heterocycles. The first kappa shape index (κ1) is 17.7. The van der Waals surface area contributed by atoms with Gasteiger partial charge in [-0.3, -0.25) is 0 Å². The SMILES string of the molecule is C[C@H]1[C@@H]([NH2+]C[C@H](O)COCc2ccccc2Cl)CCC[C@@H]1C. The zero-order valence-electron chi connectivity index (χ0n) is 13.7. The molecule has 2 rings (SSSR count). The van der Waals surface area contributed by atoms with Crippen LogP contribution in [0.1, 0.15) is 38.7 Å². The molecule has 0 saturated heterocycles. The van der Waals surface area contributed by atoms with Crippen molar-refractivity contribution in [2.75, 3.05) is 13.2 Å². The van der Waals surface area contributed by atoms with E-state index in [4.69, 9.17) is 16.3 Å². The highest BCUT2D eigenvalue weighted by molar-refractivity contribution is 6.31. The average Bonchev–Trinajstić information content (AvgIpc) is 2.51. The molecule has 3 nitrogen and oxygen atoms in total. The molecule has 0 aliphatic heterocycles. The van der Waals surface area contributed by atoms with E-state index >= 15 is 0 Å². The normalized spacial score (nSPS) is 26.8. The van der Waals surface area contributed by atoms with Gasteiger partial charge in [0.1, 0.15) is 12.6 Å². The lowest BCUT2D eigenvalue weighted by Gasteiger charge is -2.32. The minimum atomic E-state index is -0.424. The molecular weight excluding hydrogens is 298 g/mol. The summed E-state index contributed by atoms with van der Waals surface area (Å²) in [6.45, 7) is 6.20. The van der Waals surface area contributed by atoms with Gasteiger partial charge in [0.2, 0.25) is 0 Å². The van der Waals surface area contributed by atoms with Crippen LogP contribution >= 0.6 is 11.6 Å². The summed E-state index contributed by atoms with van der Waals surface area (Å²) in [6, 6.07) is 8.30. The zero-order chi connectivity index (χ0) is 15.9. The summed E-state index contributed by atoms with van der Waals surface area (Å²) in [5.41, 5.74) is 0.968. The Morgan fingerprint density at radius 2 is 2.09 bits per heavy atom. The van der Waals surface area contributed by atoms with E-state index in [0.29, 0.717) is 30.8 Å². The number of hydrogen-bond acceptors (Lipinski definition) is 2. The quantitative estimate of drug-likeness (QED) is 0.809. The van der Waals surface area contributed by atoms with Crippen molar-refractivity contribution in [3.8, 4) is 0 Å². The molecule has 1 saturated carbocycles. The van der Waals surface area contributed by atoms with E-state index in [9.17, 15) is 5.11 Å². The molecule has 124 valence electrons. The van der Waals surface area contributed by atoms with Gasteiger partial charge in [-0.25, -0.2) is 0 Å². The Bertz CT molecular complexity index is 454. The van der Waals surface area contributed by atoms with Gasteiger partial charge in [-0.2, -0.15) is 0 Å². The second kappa shape index (κ2) is 8.88. The summed E-state index contributed by atoms with van der Waals surface area (Å²) >= 11 is 6.08. The first-order chi connectivity index (χ1) is 10.6. The van der Waals surface area contributed by atoms with Crippen LogP contribution in [0.4, 0.5) is 0 Å². The third-order valence-corrected chi connectivity index (χ3v) is 5.38. The second-order valence-electron chi connectivity index (χ2n) is 6.66. The molecule has 0 amide bonds. The van der Waals surface area contributed by atoms with Crippen molar-refractivity contribution in [2.45, 2.75) is 51.9 Å². The maximum Gasteiger partial charge on any atom is 0.126 e. The Labute approximate surface area is 139 Å². The molecule has 22 heavy (non-hydrogen) atoms. The topological polar surface area (TPSA) is 46.1 Å². The maximum absolute atomic E-state index is 10.1. The molecule has 1 aliphatic carbocycles. The fraction of sp³-hybridized carbons (Fsp3) is 0.667. The van der Waals surface area contributed by atoms with Crippen molar-refractivity contribution >= 4 is 11.6 Å². The molecule has 1 aliphatic rings. The molecule has 0 unspecified atom stereocenters. The number of halogens is 1. The van der Waals surface area contributed by atoms with Crippen molar-refractivity contribution in [3.63, 3.8) is 0 Å². The Balaban J connectivity index is 1.66. The van der Waals surface area contributed by atoms with Crippen molar-refractivity contribution in [3.05, 3.63) is 34.9 Å². The monoisotopic (exact) mass is 326 g/mol. The third-order valence-electron chi connectivity index (χ3n) is 5.01. The van der Waals surface area contributed by atoms with Crippen LogP contribution in [0.3, 0.4) is 0 Å². The molecular formula is C18H29ClNO2+. The Hall–Kier alpha value is -0.610. The van der Waals surface area contributed by atoms with Gasteiger partial charge >= 0.3 is 0 Å². The molecule has 3 N–H and O–H groups in total. The lowest BCUT2D eigenvalue weighted by Crippen LogP contribution is -2.93. The van der Waals surface area contributed by atoms with Gasteiger partial charge in [-0.05, 0) is 36.8 Å². The minimum Gasteiger partial charge on any atom is -0.385 e. The van der Waals surface area contributed by atoms with Crippen molar-refractivity contribution in [2.24, 2.45) is 11.8 Å². The molecule has 1 fully saturated rings. The van der Waals surface area contributed by atoms with Gasteiger partial charge in [0.05, 0.1) is 19.3 Å². The van der Waals surface area contributed by atoms with E-state index in [0.717, 1.165) is 17.4 Å². The van der Waals surface area contributed by atoms with Gasteiger partial charge in [0, 0.05) is 10.9 Å². The maximum atomic E-state index is 10.1. The molecule has 4 atom stereocenters. The summed E-state index contributed by atoms with van der Waals surface area (Å²) < 4.78 is 5.60. The van der Waals surface area contributed by atoms with Crippen LogP contribution in [0, 0.1) is 11.8 Å². The lowest BCUT2D eigenvalue weighted by molar-refractivity contribution is -0.704. The van der Waals surface area contributed by atoms with Crippen LogP contribution in [0.15, 0.2) is 24.3 Å². The van der Waals surface area contributed by atoms with Gasteiger partial charge in [0.25, 0.3) is 0 Å². The fourth-order valence-corrected chi connectivity index (χ4v) is 3.47. The van der Waals surface area contributed by atoms with E-state index in [-0.39, 0.29) is 0 Å². The molecule has 1 aromatic rings. The van der Waals surface area contributed by atoms with Gasteiger partial charge in [-0.1, -0.05) is 43.6 Å². The third kappa shape index (κ3) is 5.24. The van der Waals surface area contributed by atoms with Crippen molar-refractivity contribution in [1.29, 1.82) is 0 Å². The van der Waals surface area contributed by atoms with Crippen LogP contribution in [-0.4, -0.2) is 30.4 Å². The van der Waals surface area contributed by atoms with Crippen LogP contribution in [-0.2, 0) is 11.3 Å². The molecule has 1 aromatic carbocycles. The second-order valence-corrected chi connectivity index (χ2v) is 7.07. The summed E-state index contributed by atoms with van der Waals surface area (Å²) in [7, 11) is 0. The van der Waals surface area contributed by atoms with Gasteiger partial charge < -0.3 is 15.2 Å². The van der Waals surface area contributed by atoms with E-state index in [1.807, 2.05) is 24.3 Å². The number of hydrogen-bond donors (Lipinski definition) is 2. The van der Waals surface area contributed by atoms with Gasteiger partial charge in [0.15, 0.2) is 0 Å². The van der Waals surface area contributed by atoms with Crippen LogP contribution in [0.2, 0.25) is 5.02 Å². The smallest absolute Gasteiger partial charge is 0.126 e. The highest BCUT2D eigenvalue weighted by atomic mass is 35.5. The predicted molar refractivity (Wildman–Crippen MR) is 89.9 cm³/mol. The van der Waals surface area contributed by atoms with E-state index in [1.165, 1.54) is 19.3 Å². The van der Waals surface area contributed by atoms with Gasteiger partial charge in [-0.15, -0.1) is 0 Å². The van der Waals surface area contributed by atoms with E-state index < -0.39 is 6.10 Å². The average molecular weight is 327 g/mol. The number of ether oxygens (including phenoxy) is 1. The number of nitrogens with two attached hydrogens (primary N) is 1. The zero-order valence-corrected chi connectivity index (χ0v) is 14.4. The number of aliphatic hydroxyl groups is 1. The predicted octanol–water partition coefficient (Wildman–Crippen LogP) is 2.61. The highest BCUT2D eigenvalue weighted by Crippen LogP contribution is 2.27. The Morgan fingerprint density at radius 1 is 1.32 bits per heavy atom. The number of benzene rings is 1. The molecule has 0 spiro atoms. The highest BCUT2D eigenvalue weighted by Gasteiger charge is 2.29.